The van der Waals surface area contributed by atoms with Gasteiger partial charge in [-0.1, -0.05) is 0 Å². The number of thiophene rings is 1. The predicted molar refractivity (Wildman–Crippen MR) is 135 cm³/mol. The van der Waals surface area contributed by atoms with E-state index in [4.69, 9.17) is 9.41 Å². The molecule has 0 spiro atoms. The summed E-state index contributed by atoms with van der Waals surface area (Å²) in [5, 5.41) is 6.86. The summed E-state index contributed by atoms with van der Waals surface area (Å²) in [5.74, 6) is 1.18. The van der Waals surface area contributed by atoms with Crippen molar-refractivity contribution in [2.75, 3.05) is 44.2 Å². The molecule has 3 heterocycles. The van der Waals surface area contributed by atoms with Gasteiger partial charge in [0, 0.05) is 51.3 Å². The zero-order valence-corrected chi connectivity index (χ0v) is 20.6. The summed E-state index contributed by atoms with van der Waals surface area (Å²) in [6.45, 7) is 7.44. The Morgan fingerprint density at radius 1 is 1.19 bits per heavy atom. The number of oxazole rings is 1. The summed E-state index contributed by atoms with van der Waals surface area (Å²) in [5.41, 5.74) is 1.61. The molecule has 0 amide bonds. The maximum absolute atomic E-state index is 13.1. The molecule has 1 aliphatic heterocycles. The number of aromatic nitrogens is 1. The third kappa shape index (κ3) is 6.19. The van der Waals surface area contributed by atoms with Crippen molar-refractivity contribution in [2.45, 2.75) is 13.3 Å². The van der Waals surface area contributed by atoms with Crippen molar-refractivity contribution in [3.8, 4) is 11.5 Å². The van der Waals surface area contributed by atoms with Gasteiger partial charge in [-0.05, 0) is 48.7 Å². The Labute approximate surface area is 203 Å². The fourth-order valence-corrected chi connectivity index (χ4v) is 4.22. The van der Waals surface area contributed by atoms with E-state index in [1.807, 2.05) is 0 Å². The molecule has 0 saturated carbocycles. The zero-order valence-electron chi connectivity index (χ0n) is 17.5. The van der Waals surface area contributed by atoms with Crippen molar-refractivity contribution in [3.05, 3.63) is 59.6 Å². The van der Waals surface area contributed by atoms with Crippen LogP contribution in [0, 0.1) is 5.82 Å². The van der Waals surface area contributed by atoms with Crippen molar-refractivity contribution in [3.63, 3.8) is 0 Å². The molecule has 1 saturated heterocycles. The van der Waals surface area contributed by atoms with Gasteiger partial charge in [0.2, 0.25) is 5.89 Å². The third-order valence-electron chi connectivity index (χ3n) is 5.00. The van der Waals surface area contributed by atoms with Crippen molar-refractivity contribution in [1.82, 2.24) is 15.2 Å². The highest BCUT2D eigenvalue weighted by molar-refractivity contribution is 14.0. The number of nitrogens with zero attached hydrogens (tertiary/aromatic N) is 4. The van der Waals surface area contributed by atoms with Crippen molar-refractivity contribution in [2.24, 2.45) is 4.99 Å². The minimum absolute atomic E-state index is 0. The maximum Gasteiger partial charge on any atom is 0.226 e. The van der Waals surface area contributed by atoms with Crippen LogP contribution in [0.15, 0.2) is 57.5 Å². The molecular weight excluding hydrogens is 528 g/mol. The first-order chi connectivity index (χ1) is 14.7. The Morgan fingerprint density at radius 3 is 2.65 bits per heavy atom. The molecule has 1 N–H and O–H groups in total. The molecule has 0 bridgehead atoms. The van der Waals surface area contributed by atoms with E-state index in [0.29, 0.717) is 18.9 Å². The quantitative estimate of drug-likeness (QED) is 0.276. The number of hydrogen-bond donors (Lipinski definition) is 1. The molecule has 4 rings (SSSR count). The molecule has 1 aromatic carbocycles. The highest BCUT2D eigenvalue weighted by Gasteiger charge is 2.20. The lowest BCUT2D eigenvalue weighted by Crippen LogP contribution is -2.52. The van der Waals surface area contributed by atoms with Crippen LogP contribution in [0.25, 0.3) is 11.5 Å². The first kappa shape index (κ1) is 23.5. The number of hydrogen-bond acceptors (Lipinski definition) is 5. The minimum Gasteiger partial charge on any atom is -0.444 e. The van der Waals surface area contributed by atoms with Gasteiger partial charge in [0.05, 0.1) is 10.7 Å². The molecule has 31 heavy (non-hydrogen) atoms. The average Bonchev–Trinajstić information content (AvgIpc) is 3.46. The van der Waals surface area contributed by atoms with E-state index in [9.17, 15) is 4.39 Å². The van der Waals surface area contributed by atoms with E-state index in [1.54, 1.807) is 29.7 Å². The molecule has 1 aliphatic rings. The molecule has 1 fully saturated rings. The normalized spacial score (nSPS) is 14.5. The monoisotopic (exact) mass is 555 g/mol. The Morgan fingerprint density at radius 2 is 1.97 bits per heavy atom. The number of rotatable bonds is 6. The number of halogens is 2. The van der Waals surface area contributed by atoms with Gasteiger partial charge in [-0.2, -0.15) is 0 Å². The topological polar surface area (TPSA) is 56.9 Å². The molecule has 0 radical (unpaired) electrons. The first-order valence-electron chi connectivity index (χ1n) is 10.2. The number of guanidine groups is 1. The number of benzene rings is 1. The average molecular weight is 555 g/mol. The van der Waals surface area contributed by atoms with E-state index in [0.717, 1.165) is 49.9 Å². The fraction of sp³-hybridized carbons (Fsp3) is 0.364. The summed E-state index contributed by atoms with van der Waals surface area (Å²) in [4.78, 5) is 14.1. The minimum atomic E-state index is -0.271. The lowest BCUT2D eigenvalue weighted by Gasteiger charge is -2.37. The molecule has 6 nitrogen and oxygen atoms in total. The molecular formula is C22H27FIN5OS. The second-order valence-corrected chi connectivity index (χ2v) is 7.99. The van der Waals surface area contributed by atoms with Crippen LogP contribution < -0.4 is 10.2 Å². The first-order valence-corrected chi connectivity index (χ1v) is 11.1. The SMILES string of the molecule is CCNC(=NCCc1coc(-c2ccc(F)cc2)n1)N1CCN(c2cccs2)CC1.I. The van der Waals surface area contributed by atoms with Crippen LogP contribution in [-0.4, -0.2) is 55.1 Å². The van der Waals surface area contributed by atoms with Crippen molar-refractivity contribution >= 4 is 46.3 Å². The van der Waals surface area contributed by atoms with Crippen LogP contribution in [-0.2, 0) is 6.42 Å². The van der Waals surface area contributed by atoms with Crippen molar-refractivity contribution in [1.29, 1.82) is 0 Å². The van der Waals surface area contributed by atoms with Gasteiger partial charge < -0.3 is 19.5 Å². The van der Waals surface area contributed by atoms with Crippen molar-refractivity contribution < 1.29 is 8.81 Å². The van der Waals surface area contributed by atoms with E-state index < -0.39 is 0 Å². The van der Waals surface area contributed by atoms with Gasteiger partial charge >= 0.3 is 0 Å². The molecule has 166 valence electrons. The lowest BCUT2D eigenvalue weighted by molar-refractivity contribution is 0.373. The molecule has 0 unspecified atom stereocenters. The van der Waals surface area contributed by atoms with Gasteiger partial charge in [-0.15, -0.1) is 35.3 Å². The number of nitrogens with one attached hydrogen (secondary N) is 1. The third-order valence-corrected chi connectivity index (χ3v) is 5.93. The Balaban J connectivity index is 0.00000272. The van der Waals surface area contributed by atoms with E-state index in [-0.39, 0.29) is 29.8 Å². The zero-order chi connectivity index (χ0) is 20.8. The Bertz CT molecular complexity index is 953. The summed E-state index contributed by atoms with van der Waals surface area (Å²) in [7, 11) is 0. The largest absolute Gasteiger partial charge is 0.444 e. The standard InChI is InChI=1S/C22H26FN5OS.HI/c1-2-24-22(28-13-11-27(12-14-28)20-4-3-15-30-20)25-10-9-19-16-29-21(26-19)17-5-7-18(23)8-6-17;/h3-8,15-16H,2,9-14H2,1H3,(H,24,25);1H. The number of piperazine rings is 1. The van der Waals surface area contributed by atoms with Gasteiger partial charge in [0.25, 0.3) is 0 Å². The molecule has 0 atom stereocenters. The van der Waals surface area contributed by atoms with Crippen LogP contribution in [0.2, 0.25) is 0 Å². The summed E-state index contributed by atoms with van der Waals surface area (Å²) in [6.07, 6.45) is 2.34. The van der Waals surface area contributed by atoms with Gasteiger partial charge in [-0.3, -0.25) is 4.99 Å². The second-order valence-electron chi connectivity index (χ2n) is 7.06. The van der Waals surface area contributed by atoms with Crippen LogP contribution in [0.1, 0.15) is 12.6 Å². The highest BCUT2D eigenvalue weighted by Crippen LogP contribution is 2.22. The molecule has 3 aromatic rings. The van der Waals surface area contributed by atoms with E-state index in [2.05, 4.69) is 44.5 Å². The van der Waals surface area contributed by atoms with E-state index >= 15 is 0 Å². The number of anilines is 1. The Kier molecular flexibility index (Phi) is 8.70. The molecule has 0 aliphatic carbocycles. The number of aliphatic imine (C=N–C) groups is 1. The van der Waals surface area contributed by atoms with Crippen LogP contribution in [0.4, 0.5) is 9.39 Å². The van der Waals surface area contributed by atoms with Crippen LogP contribution in [0.5, 0.6) is 0 Å². The Hall–Kier alpha value is -2.14. The summed E-state index contributed by atoms with van der Waals surface area (Å²) in [6, 6.07) is 10.4. The summed E-state index contributed by atoms with van der Waals surface area (Å²) >= 11 is 1.79. The smallest absolute Gasteiger partial charge is 0.226 e. The summed E-state index contributed by atoms with van der Waals surface area (Å²) < 4.78 is 18.6. The van der Waals surface area contributed by atoms with E-state index in [1.165, 1.54) is 17.1 Å². The maximum atomic E-state index is 13.1. The predicted octanol–water partition coefficient (Wildman–Crippen LogP) is 4.49. The van der Waals surface area contributed by atoms with Crippen LogP contribution >= 0.6 is 35.3 Å². The van der Waals surface area contributed by atoms with Gasteiger partial charge in [0.1, 0.15) is 12.1 Å². The van der Waals surface area contributed by atoms with Gasteiger partial charge in [0.15, 0.2) is 5.96 Å². The fourth-order valence-electron chi connectivity index (χ4n) is 3.44. The van der Waals surface area contributed by atoms with Gasteiger partial charge in [-0.25, -0.2) is 9.37 Å². The molecule has 2 aromatic heterocycles. The second kappa shape index (κ2) is 11.5. The lowest BCUT2D eigenvalue weighted by atomic mass is 10.2. The molecule has 9 heteroatoms. The van der Waals surface area contributed by atoms with Crippen LogP contribution in [0.3, 0.4) is 0 Å². The highest BCUT2D eigenvalue weighted by atomic mass is 127.